The van der Waals surface area contributed by atoms with Crippen molar-refractivity contribution >= 4 is 34.1 Å². The molecule has 0 aliphatic heterocycles. The highest BCUT2D eigenvalue weighted by molar-refractivity contribution is 6.05. The van der Waals surface area contributed by atoms with E-state index in [1.54, 1.807) is 49.7 Å². The summed E-state index contributed by atoms with van der Waals surface area (Å²) >= 11 is 0. The van der Waals surface area contributed by atoms with Gasteiger partial charge in [-0.3, -0.25) is 14.6 Å². The van der Waals surface area contributed by atoms with Crippen LogP contribution in [0.5, 0.6) is 5.75 Å². The molecule has 0 bridgehead atoms. The van der Waals surface area contributed by atoms with E-state index in [-0.39, 0.29) is 11.8 Å². The molecule has 172 valence electrons. The molecule has 0 saturated carbocycles. The maximum absolute atomic E-state index is 12.6. The number of hydrogen-bond acceptors (Lipinski definition) is 4. The SMILES string of the molecule is COc1ccc(C(=O)Nc2ccc3[nH]c(-c4ccc(NC(=O)c5cccnc5)cc4)cc3c2)cc1. The van der Waals surface area contributed by atoms with Gasteiger partial charge in [-0.2, -0.15) is 0 Å². The van der Waals surface area contributed by atoms with Crippen LogP contribution in [0.4, 0.5) is 11.4 Å². The van der Waals surface area contributed by atoms with Gasteiger partial charge < -0.3 is 20.4 Å². The third-order valence-corrected chi connectivity index (χ3v) is 5.61. The molecule has 3 aromatic carbocycles. The van der Waals surface area contributed by atoms with Gasteiger partial charge in [-0.15, -0.1) is 0 Å². The van der Waals surface area contributed by atoms with E-state index >= 15 is 0 Å². The van der Waals surface area contributed by atoms with Crippen molar-refractivity contribution in [2.45, 2.75) is 0 Å². The third-order valence-electron chi connectivity index (χ3n) is 5.61. The number of carbonyl (C=O) groups excluding carboxylic acids is 2. The predicted molar refractivity (Wildman–Crippen MR) is 137 cm³/mol. The molecule has 0 unspecified atom stereocenters. The molecule has 7 nitrogen and oxygen atoms in total. The van der Waals surface area contributed by atoms with Gasteiger partial charge >= 0.3 is 0 Å². The van der Waals surface area contributed by atoms with Crippen LogP contribution in [-0.2, 0) is 0 Å². The first kappa shape index (κ1) is 21.9. The lowest BCUT2D eigenvalue weighted by molar-refractivity contribution is 0.101. The number of hydrogen-bond donors (Lipinski definition) is 3. The zero-order valence-corrected chi connectivity index (χ0v) is 18.9. The minimum Gasteiger partial charge on any atom is -0.497 e. The van der Waals surface area contributed by atoms with Crippen LogP contribution in [0.1, 0.15) is 20.7 Å². The van der Waals surface area contributed by atoms with E-state index in [4.69, 9.17) is 4.74 Å². The second-order valence-corrected chi connectivity index (χ2v) is 7.94. The molecule has 0 atom stereocenters. The molecule has 0 aliphatic carbocycles. The highest BCUT2D eigenvalue weighted by Gasteiger charge is 2.10. The first-order valence-electron chi connectivity index (χ1n) is 11.0. The summed E-state index contributed by atoms with van der Waals surface area (Å²) in [6, 6.07) is 25.8. The fraction of sp³-hybridized carbons (Fsp3) is 0.0357. The predicted octanol–water partition coefficient (Wildman–Crippen LogP) is 5.74. The molecule has 0 spiro atoms. The topological polar surface area (TPSA) is 96.1 Å². The molecule has 0 radical (unpaired) electrons. The number of fused-ring (bicyclic) bond motifs is 1. The number of nitrogens with one attached hydrogen (secondary N) is 3. The average Bonchev–Trinajstić information content (AvgIpc) is 3.33. The number of carbonyl (C=O) groups is 2. The lowest BCUT2D eigenvalue weighted by atomic mass is 10.1. The van der Waals surface area contributed by atoms with Crippen LogP contribution in [0.25, 0.3) is 22.2 Å². The van der Waals surface area contributed by atoms with Gasteiger partial charge in [0.15, 0.2) is 0 Å². The Morgan fingerprint density at radius 1 is 0.800 bits per heavy atom. The van der Waals surface area contributed by atoms with Crippen LogP contribution in [0.15, 0.2) is 97.3 Å². The summed E-state index contributed by atoms with van der Waals surface area (Å²) < 4.78 is 5.14. The number of benzene rings is 3. The number of ether oxygens (including phenoxy) is 1. The quantitative estimate of drug-likeness (QED) is 0.300. The van der Waals surface area contributed by atoms with Crippen LogP contribution in [0.2, 0.25) is 0 Å². The van der Waals surface area contributed by atoms with Gasteiger partial charge in [-0.25, -0.2) is 0 Å². The van der Waals surface area contributed by atoms with Crippen LogP contribution in [0, 0.1) is 0 Å². The van der Waals surface area contributed by atoms with Crippen molar-refractivity contribution in [3.63, 3.8) is 0 Å². The second kappa shape index (κ2) is 9.52. The van der Waals surface area contributed by atoms with Gasteiger partial charge in [0.25, 0.3) is 11.8 Å². The Bertz CT molecular complexity index is 1490. The summed E-state index contributed by atoms with van der Waals surface area (Å²) in [6.45, 7) is 0. The Morgan fingerprint density at radius 2 is 1.51 bits per heavy atom. The van der Waals surface area contributed by atoms with E-state index in [1.165, 1.54) is 6.20 Å². The lowest BCUT2D eigenvalue weighted by Crippen LogP contribution is -2.11. The van der Waals surface area contributed by atoms with Gasteiger partial charge in [0.05, 0.1) is 12.7 Å². The molecule has 2 aromatic heterocycles. The molecule has 2 amide bonds. The van der Waals surface area contributed by atoms with Crippen LogP contribution in [0.3, 0.4) is 0 Å². The van der Waals surface area contributed by atoms with Crippen molar-refractivity contribution in [2.24, 2.45) is 0 Å². The van der Waals surface area contributed by atoms with Crippen LogP contribution >= 0.6 is 0 Å². The Morgan fingerprint density at radius 3 is 2.23 bits per heavy atom. The molecule has 0 saturated heterocycles. The molecule has 0 aliphatic rings. The summed E-state index contributed by atoms with van der Waals surface area (Å²) in [7, 11) is 1.59. The van der Waals surface area contributed by atoms with E-state index < -0.39 is 0 Å². The van der Waals surface area contributed by atoms with Crippen molar-refractivity contribution in [2.75, 3.05) is 17.7 Å². The zero-order valence-electron chi connectivity index (χ0n) is 18.9. The molecule has 3 N–H and O–H groups in total. The number of aromatic nitrogens is 2. The number of amides is 2. The highest BCUT2D eigenvalue weighted by atomic mass is 16.5. The standard InChI is InChI=1S/C28H22N4O3/c1-35-24-11-6-19(7-12-24)27(33)31-23-10-13-25-21(15-23)16-26(32-25)18-4-8-22(9-5-18)30-28(34)20-3-2-14-29-17-20/h2-17,32H,1H3,(H,30,34)(H,31,33). The molecular formula is C28H22N4O3. The maximum atomic E-state index is 12.6. The monoisotopic (exact) mass is 462 g/mol. The minimum atomic E-state index is -0.208. The lowest BCUT2D eigenvalue weighted by Gasteiger charge is -2.06. The van der Waals surface area contributed by atoms with E-state index in [2.05, 4.69) is 20.6 Å². The number of pyridine rings is 1. The number of anilines is 2. The van der Waals surface area contributed by atoms with E-state index in [1.807, 2.05) is 48.5 Å². The highest BCUT2D eigenvalue weighted by Crippen LogP contribution is 2.27. The van der Waals surface area contributed by atoms with Crippen molar-refractivity contribution in [3.8, 4) is 17.0 Å². The molecule has 35 heavy (non-hydrogen) atoms. The van der Waals surface area contributed by atoms with Crippen molar-refractivity contribution in [1.82, 2.24) is 9.97 Å². The summed E-state index contributed by atoms with van der Waals surface area (Å²) in [4.78, 5) is 32.3. The Labute approximate surface area is 201 Å². The number of methoxy groups -OCH3 is 1. The van der Waals surface area contributed by atoms with Gasteiger partial charge in [0, 0.05) is 45.9 Å². The normalized spacial score (nSPS) is 10.7. The number of aromatic amines is 1. The fourth-order valence-corrected chi connectivity index (χ4v) is 3.75. The first-order chi connectivity index (χ1) is 17.1. The largest absolute Gasteiger partial charge is 0.497 e. The Balaban J connectivity index is 1.29. The van der Waals surface area contributed by atoms with Gasteiger partial charge in [-0.1, -0.05) is 12.1 Å². The van der Waals surface area contributed by atoms with E-state index in [9.17, 15) is 9.59 Å². The fourth-order valence-electron chi connectivity index (χ4n) is 3.75. The zero-order chi connectivity index (χ0) is 24.2. The first-order valence-corrected chi connectivity index (χ1v) is 11.0. The number of nitrogens with zero attached hydrogens (tertiary/aromatic N) is 1. The number of H-pyrrole nitrogens is 1. The van der Waals surface area contributed by atoms with Gasteiger partial charge in [-0.05, 0) is 78.4 Å². The van der Waals surface area contributed by atoms with Crippen LogP contribution < -0.4 is 15.4 Å². The Kier molecular flexibility index (Phi) is 5.96. The molecule has 2 heterocycles. The van der Waals surface area contributed by atoms with Crippen molar-refractivity contribution in [3.05, 3.63) is 108 Å². The summed E-state index contributed by atoms with van der Waals surface area (Å²) in [5.74, 6) is 0.305. The molecule has 5 rings (SSSR count). The van der Waals surface area contributed by atoms with Gasteiger partial charge in [0.2, 0.25) is 0 Å². The number of rotatable bonds is 6. The molecular weight excluding hydrogens is 440 g/mol. The van der Waals surface area contributed by atoms with Crippen molar-refractivity contribution in [1.29, 1.82) is 0 Å². The summed E-state index contributed by atoms with van der Waals surface area (Å²) in [6.07, 6.45) is 3.16. The molecule has 0 fully saturated rings. The summed E-state index contributed by atoms with van der Waals surface area (Å²) in [5.41, 5.74) is 5.32. The molecule has 5 aromatic rings. The molecule has 7 heteroatoms. The van der Waals surface area contributed by atoms with Crippen LogP contribution in [-0.4, -0.2) is 28.9 Å². The third kappa shape index (κ3) is 4.89. The smallest absolute Gasteiger partial charge is 0.257 e. The van der Waals surface area contributed by atoms with Gasteiger partial charge in [0.1, 0.15) is 5.75 Å². The maximum Gasteiger partial charge on any atom is 0.257 e. The van der Waals surface area contributed by atoms with E-state index in [0.29, 0.717) is 28.3 Å². The summed E-state index contributed by atoms with van der Waals surface area (Å²) in [5, 5.41) is 6.78. The van der Waals surface area contributed by atoms with Crippen molar-refractivity contribution < 1.29 is 14.3 Å². The average molecular weight is 463 g/mol. The minimum absolute atomic E-state index is 0.188. The van der Waals surface area contributed by atoms with E-state index in [0.717, 1.165) is 22.2 Å². The Hall–Kier alpha value is -4.91. The second-order valence-electron chi connectivity index (χ2n) is 7.94.